The van der Waals surface area contributed by atoms with Crippen molar-refractivity contribution in [2.24, 2.45) is 0 Å². The Kier molecular flexibility index (Phi) is 4.05. The largest absolute Gasteiger partial charge is 0.495 e. The summed E-state index contributed by atoms with van der Waals surface area (Å²) in [5.74, 6) is -0.935. The van der Waals surface area contributed by atoms with Gasteiger partial charge in [-0.05, 0) is 37.3 Å². The normalized spacial score (nSPS) is 10.1. The Morgan fingerprint density at radius 1 is 1.25 bits per heavy atom. The first kappa shape index (κ1) is 14.1. The maximum atomic E-state index is 12.1. The number of aryl methyl sites for hydroxylation is 1. The minimum atomic E-state index is -1.06. The molecule has 1 amide bonds. The lowest BCUT2D eigenvalue weighted by molar-refractivity contribution is 0.0696. The van der Waals surface area contributed by atoms with Crippen LogP contribution in [-0.2, 0) is 0 Å². The van der Waals surface area contributed by atoms with Crippen LogP contribution in [0.2, 0.25) is 0 Å². The SMILES string of the molecule is COc1ccc(C(=O)O)cc1NC(=O)c1ccc(C)s1. The van der Waals surface area contributed by atoms with Gasteiger partial charge in [0.25, 0.3) is 5.91 Å². The number of nitrogens with one attached hydrogen (secondary N) is 1. The fourth-order valence-corrected chi connectivity index (χ4v) is 2.44. The second kappa shape index (κ2) is 5.75. The van der Waals surface area contributed by atoms with E-state index in [-0.39, 0.29) is 11.5 Å². The summed E-state index contributed by atoms with van der Waals surface area (Å²) >= 11 is 1.37. The molecule has 0 radical (unpaired) electrons. The molecule has 6 heteroatoms. The van der Waals surface area contributed by atoms with Crippen LogP contribution in [0.4, 0.5) is 5.69 Å². The molecule has 0 bridgehead atoms. The molecule has 0 saturated carbocycles. The highest BCUT2D eigenvalue weighted by Gasteiger charge is 2.13. The quantitative estimate of drug-likeness (QED) is 0.908. The summed E-state index contributed by atoms with van der Waals surface area (Å²) < 4.78 is 5.12. The first-order chi connectivity index (χ1) is 9.51. The molecule has 2 N–H and O–H groups in total. The van der Waals surface area contributed by atoms with Gasteiger partial charge in [0, 0.05) is 4.88 Å². The predicted molar refractivity (Wildman–Crippen MR) is 77.0 cm³/mol. The second-order valence-electron chi connectivity index (χ2n) is 4.08. The molecular formula is C14H13NO4S. The van der Waals surface area contributed by atoms with Crippen molar-refractivity contribution >= 4 is 28.9 Å². The highest BCUT2D eigenvalue weighted by atomic mass is 32.1. The summed E-state index contributed by atoms with van der Waals surface area (Å²) in [4.78, 5) is 24.6. The van der Waals surface area contributed by atoms with Crippen LogP contribution < -0.4 is 10.1 Å². The summed E-state index contributed by atoms with van der Waals surface area (Å²) in [6.07, 6.45) is 0. The van der Waals surface area contributed by atoms with Crippen LogP contribution in [0, 0.1) is 6.92 Å². The minimum Gasteiger partial charge on any atom is -0.495 e. The molecule has 2 aromatic rings. The van der Waals surface area contributed by atoms with Gasteiger partial charge in [0.15, 0.2) is 0 Å². The van der Waals surface area contributed by atoms with Crippen molar-refractivity contribution in [3.63, 3.8) is 0 Å². The van der Waals surface area contributed by atoms with Crippen LogP contribution in [0.15, 0.2) is 30.3 Å². The Morgan fingerprint density at radius 3 is 2.55 bits per heavy atom. The zero-order chi connectivity index (χ0) is 14.7. The van der Waals surface area contributed by atoms with Crippen LogP contribution in [0.5, 0.6) is 5.75 Å². The molecule has 1 heterocycles. The molecule has 5 nitrogen and oxygen atoms in total. The zero-order valence-corrected chi connectivity index (χ0v) is 11.8. The Hall–Kier alpha value is -2.34. The smallest absolute Gasteiger partial charge is 0.335 e. The van der Waals surface area contributed by atoms with Crippen LogP contribution in [0.3, 0.4) is 0 Å². The van der Waals surface area contributed by atoms with Gasteiger partial charge in [-0.25, -0.2) is 4.79 Å². The van der Waals surface area contributed by atoms with Crippen LogP contribution >= 0.6 is 11.3 Å². The topological polar surface area (TPSA) is 75.6 Å². The van der Waals surface area contributed by atoms with E-state index in [4.69, 9.17) is 9.84 Å². The lowest BCUT2D eigenvalue weighted by Crippen LogP contribution is -2.12. The van der Waals surface area contributed by atoms with E-state index in [1.165, 1.54) is 36.6 Å². The van der Waals surface area contributed by atoms with Crippen LogP contribution in [0.25, 0.3) is 0 Å². The molecule has 0 aliphatic carbocycles. The van der Waals surface area contributed by atoms with Gasteiger partial charge in [0.2, 0.25) is 0 Å². The zero-order valence-electron chi connectivity index (χ0n) is 11.0. The van der Waals surface area contributed by atoms with E-state index in [0.29, 0.717) is 16.3 Å². The fraction of sp³-hybridized carbons (Fsp3) is 0.143. The van der Waals surface area contributed by atoms with Gasteiger partial charge in [-0.2, -0.15) is 0 Å². The number of methoxy groups -OCH3 is 1. The minimum absolute atomic E-state index is 0.0865. The lowest BCUT2D eigenvalue weighted by atomic mass is 10.2. The highest BCUT2D eigenvalue weighted by Crippen LogP contribution is 2.27. The molecule has 0 fully saturated rings. The fourth-order valence-electron chi connectivity index (χ4n) is 1.68. The Labute approximate surface area is 119 Å². The van der Waals surface area contributed by atoms with Gasteiger partial charge in [-0.1, -0.05) is 0 Å². The third kappa shape index (κ3) is 2.97. The second-order valence-corrected chi connectivity index (χ2v) is 5.37. The average Bonchev–Trinajstić information content (AvgIpc) is 2.85. The number of carbonyl (C=O) groups excluding carboxylic acids is 1. The van der Waals surface area contributed by atoms with E-state index in [0.717, 1.165) is 4.88 Å². The predicted octanol–water partition coefficient (Wildman–Crippen LogP) is 3.02. The van der Waals surface area contributed by atoms with Gasteiger partial charge < -0.3 is 15.2 Å². The number of carboxylic acids is 1. The molecule has 0 aliphatic heterocycles. The summed E-state index contributed by atoms with van der Waals surface area (Å²) in [5.41, 5.74) is 0.423. The third-order valence-corrected chi connectivity index (χ3v) is 3.66. The molecule has 0 atom stereocenters. The van der Waals surface area contributed by atoms with Crippen molar-refractivity contribution in [2.75, 3.05) is 12.4 Å². The van der Waals surface area contributed by atoms with E-state index < -0.39 is 5.97 Å². The van der Waals surface area contributed by atoms with Gasteiger partial charge in [0.1, 0.15) is 5.75 Å². The molecule has 2 rings (SSSR count). The van der Waals surface area contributed by atoms with Crippen molar-refractivity contribution in [3.05, 3.63) is 45.6 Å². The number of hydrogen-bond acceptors (Lipinski definition) is 4. The van der Waals surface area contributed by atoms with Crippen molar-refractivity contribution < 1.29 is 19.4 Å². The monoisotopic (exact) mass is 291 g/mol. The molecular weight excluding hydrogens is 278 g/mol. The Balaban J connectivity index is 2.29. The van der Waals surface area contributed by atoms with Crippen molar-refractivity contribution in [3.8, 4) is 5.75 Å². The number of ether oxygens (including phenoxy) is 1. The number of amides is 1. The van der Waals surface area contributed by atoms with Gasteiger partial charge in [-0.3, -0.25) is 4.79 Å². The molecule has 0 saturated heterocycles. The van der Waals surface area contributed by atoms with Crippen molar-refractivity contribution in [1.29, 1.82) is 0 Å². The van der Waals surface area contributed by atoms with E-state index in [1.54, 1.807) is 6.07 Å². The number of rotatable bonds is 4. The Morgan fingerprint density at radius 2 is 2.00 bits per heavy atom. The maximum Gasteiger partial charge on any atom is 0.335 e. The molecule has 104 valence electrons. The van der Waals surface area contributed by atoms with Crippen molar-refractivity contribution in [1.82, 2.24) is 0 Å². The molecule has 0 aliphatic rings. The number of hydrogen-bond donors (Lipinski definition) is 2. The number of carboxylic acid groups (broad SMARTS) is 1. The number of thiophene rings is 1. The average molecular weight is 291 g/mol. The first-order valence-corrected chi connectivity index (χ1v) is 6.62. The number of benzene rings is 1. The molecule has 1 aromatic heterocycles. The summed E-state index contributed by atoms with van der Waals surface area (Å²) in [6, 6.07) is 7.89. The number of aromatic carboxylic acids is 1. The molecule has 0 spiro atoms. The standard InChI is InChI=1S/C14H13NO4S/c1-8-3-6-12(20-8)13(16)15-10-7-9(14(17)18)4-5-11(10)19-2/h3-7H,1-2H3,(H,15,16)(H,17,18). The van der Waals surface area contributed by atoms with Gasteiger partial charge in [-0.15, -0.1) is 11.3 Å². The maximum absolute atomic E-state index is 12.1. The van der Waals surface area contributed by atoms with E-state index >= 15 is 0 Å². The molecule has 1 aromatic carbocycles. The number of anilines is 1. The van der Waals surface area contributed by atoms with Crippen LogP contribution in [-0.4, -0.2) is 24.1 Å². The van der Waals surface area contributed by atoms with Gasteiger partial charge >= 0.3 is 5.97 Å². The van der Waals surface area contributed by atoms with Crippen LogP contribution in [0.1, 0.15) is 24.9 Å². The van der Waals surface area contributed by atoms with Crippen molar-refractivity contribution in [2.45, 2.75) is 6.92 Å². The lowest BCUT2D eigenvalue weighted by Gasteiger charge is -2.10. The first-order valence-electron chi connectivity index (χ1n) is 5.80. The number of carbonyl (C=O) groups is 2. The highest BCUT2D eigenvalue weighted by molar-refractivity contribution is 7.14. The van der Waals surface area contributed by atoms with E-state index in [1.807, 2.05) is 13.0 Å². The summed E-state index contributed by atoms with van der Waals surface area (Å²) in [7, 11) is 1.46. The molecule has 0 unspecified atom stereocenters. The summed E-state index contributed by atoms with van der Waals surface area (Å²) in [6.45, 7) is 1.91. The molecule has 20 heavy (non-hydrogen) atoms. The van der Waals surface area contributed by atoms with Gasteiger partial charge in [0.05, 0.1) is 23.2 Å². The van der Waals surface area contributed by atoms with E-state index in [9.17, 15) is 9.59 Å². The third-order valence-electron chi connectivity index (χ3n) is 2.66. The van der Waals surface area contributed by atoms with E-state index in [2.05, 4.69) is 5.32 Å². The summed E-state index contributed by atoms with van der Waals surface area (Å²) in [5, 5.41) is 11.6. The Bertz CT molecular complexity index is 663.